The van der Waals surface area contributed by atoms with Crippen LogP contribution in [0.5, 0.6) is 5.75 Å². The van der Waals surface area contributed by atoms with Crippen LogP contribution < -0.4 is 10.3 Å². The molecule has 0 aliphatic heterocycles. The van der Waals surface area contributed by atoms with Gasteiger partial charge in [0.1, 0.15) is 10.8 Å². The molecule has 0 fully saturated rings. The lowest BCUT2D eigenvalue weighted by molar-refractivity contribution is 0.415. The van der Waals surface area contributed by atoms with E-state index in [1.54, 1.807) is 13.2 Å². The van der Waals surface area contributed by atoms with E-state index in [0.717, 1.165) is 46.6 Å². The molecule has 0 radical (unpaired) electrons. The highest BCUT2D eigenvalue weighted by atomic mass is 32.2. The molecule has 0 saturated heterocycles. The van der Waals surface area contributed by atoms with Crippen LogP contribution in [0.4, 0.5) is 0 Å². The monoisotopic (exact) mass is 442 g/mol. The fraction of sp³-hybridized carbons (Fsp3) is 0.350. The molecule has 0 unspecified atom stereocenters. The fourth-order valence-corrected chi connectivity index (χ4v) is 4.73. The summed E-state index contributed by atoms with van der Waals surface area (Å²) in [4.78, 5) is 17.7. The third-order valence-corrected chi connectivity index (χ3v) is 6.64. The van der Waals surface area contributed by atoms with E-state index < -0.39 is 0 Å². The van der Waals surface area contributed by atoms with Gasteiger partial charge in [0, 0.05) is 30.9 Å². The molecule has 0 bridgehead atoms. The number of benzene rings is 1. The van der Waals surface area contributed by atoms with E-state index in [1.807, 2.05) is 35.9 Å². The summed E-state index contributed by atoms with van der Waals surface area (Å²) < 4.78 is 8.54. The van der Waals surface area contributed by atoms with Crippen molar-refractivity contribution in [3.05, 3.63) is 51.4 Å². The average molecular weight is 443 g/mol. The van der Waals surface area contributed by atoms with E-state index >= 15 is 0 Å². The first-order valence-corrected chi connectivity index (χ1v) is 11.4. The molecule has 0 saturated carbocycles. The van der Waals surface area contributed by atoms with Crippen LogP contribution >= 0.6 is 23.1 Å². The fourth-order valence-electron chi connectivity index (χ4n) is 2.97. The minimum atomic E-state index is -0.147. The highest BCUT2D eigenvalue weighted by Gasteiger charge is 2.13. The van der Waals surface area contributed by atoms with Gasteiger partial charge in [-0.1, -0.05) is 36.4 Å². The number of nitrogens with zero attached hydrogens (tertiary/aromatic N) is 6. The van der Waals surface area contributed by atoms with Crippen molar-refractivity contribution in [2.75, 3.05) is 7.11 Å². The third kappa shape index (κ3) is 4.24. The molecule has 30 heavy (non-hydrogen) atoms. The molecule has 3 heterocycles. The van der Waals surface area contributed by atoms with Gasteiger partial charge in [0.2, 0.25) is 4.96 Å². The molecule has 0 N–H and O–H groups in total. The highest BCUT2D eigenvalue weighted by molar-refractivity contribution is 7.98. The Balaban J connectivity index is 1.51. The summed E-state index contributed by atoms with van der Waals surface area (Å²) in [5.41, 5.74) is 1.52. The van der Waals surface area contributed by atoms with E-state index in [1.165, 1.54) is 27.6 Å². The van der Waals surface area contributed by atoms with Gasteiger partial charge in [0.25, 0.3) is 5.56 Å². The Bertz CT molecular complexity index is 1210. The summed E-state index contributed by atoms with van der Waals surface area (Å²) in [5, 5.41) is 14.7. The number of methoxy groups -OCH3 is 1. The van der Waals surface area contributed by atoms with Gasteiger partial charge in [-0.05, 0) is 30.7 Å². The van der Waals surface area contributed by atoms with E-state index in [-0.39, 0.29) is 5.56 Å². The number of hydrogen-bond acceptors (Lipinski definition) is 8. The minimum Gasteiger partial charge on any atom is -0.497 e. The third-order valence-electron chi connectivity index (χ3n) is 4.62. The Labute approximate surface area is 182 Å². The number of aryl methyl sites for hydroxylation is 1. The predicted octanol–water partition coefficient (Wildman–Crippen LogP) is 3.59. The molecule has 10 heteroatoms. The molecule has 0 spiro atoms. The van der Waals surface area contributed by atoms with Crippen LogP contribution in [0.3, 0.4) is 0 Å². The van der Waals surface area contributed by atoms with Gasteiger partial charge < -0.3 is 9.30 Å². The van der Waals surface area contributed by atoms with Crippen molar-refractivity contribution < 1.29 is 4.74 Å². The van der Waals surface area contributed by atoms with Crippen molar-refractivity contribution in [1.29, 1.82) is 0 Å². The number of unbranched alkanes of at least 4 members (excludes halogenated alkanes) is 1. The van der Waals surface area contributed by atoms with Crippen molar-refractivity contribution in [1.82, 2.24) is 29.4 Å². The van der Waals surface area contributed by atoms with Crippen molar-refractivity contribution in [3.8, 4) is 17.1 Å². The normalized spacial score (nSPS) is 11.3. The second-order valence-electron chi connectivity index (χ2n) is 6.76. The Morgan fingerprint density at radius 1 is 1.20 bits per heavy atom. The lowest BCUT2D eigenvalue weighted by Gasteiger charge is -2.05. The van der Waals surface area contributed by atoms with Crippen molar-refractivity contribution in [2.24, 2.45) is 7.05 Å². The van der Waals surface area contributed by atoms with Gasteiger partial charge in [-0.25, -0.2) is 4.98 Å². The van der Waals surface area contributed by atoms with Gasteiger partial charge in [-0.3, -0.25) is 4.79 Å². The van der Waals surface area contributed by atoms with E-state index in [4.69, 9.17) is 4.74 Å². The van der Waals surface area contributed by atoms with Gasteiger partial charge in [0.05, 0.1) is 12.8 Å². The molecule has 0 aliphatic carbocycles. The molecule has 0 aliphatic rings. The number of fused-ring (bicyclic) bond motifs is 1. The Hall–Kier alpha value is -2.72. The molecule has 3 aromatic heterocycles. The lowest BCUT2D eigenvalue weighted by Crippen LogP contribution is -2.15. The number of rotatable bonds is 8. The Morgan fingerprint density at radius 3 is 2.73 bits per heavy atom. The largest absolute Gasteiger partial charge is 0.497 e. The van der Waals surface area contributed by atoms with E-state index in [2.05, 4.69) is 27.2 Å². The quantitative estimate of drug-likeness (QED) is 0.385. The van der Waals surface area contributed by atoms with Gasteiger partial charge >= 0.3 is 0 Å². The van der Waals surface area contributed by atoms with Gasteiger partial charge in [0.15, 0.2) is 11.0 Å². The maximum Gasteiger partial charge on any atom is 0.275 e. The molecule has 0 atom stereocenters. The standard InChI is InChI=1S/C20H22N6O2S2/c1-4-5-6-16-24-26-17(27)11-14(21-19(26)30-16)12-29-20-23-22-18(25(20)2)13-7-9-15(28-3)10-8-13/h7-11H,4-6,12H2,1-3H3. The zero-order valence-electron chi connectivity index (χ0n) is 17.0. The molecule has 4 rings (SSSR count). The average Bonchev–Trinajstić information content (AvgIpc) is 3.34. The second kappa shape index (κ2) is 8.97. The predicted molar refractivity (Wildman–Crippen MR) is 118 cm³/mol. The van der Waals surface area contributed by atoms with Crippen molar-refractivity contribution in [3.63, 3.8) is 0 Å². The molecule has 4 aromatic rings. The molecule has 0 amide bonds. The number of thioether (sulfide) groups is 1. The highest BCUT2D eigenvalue weighted by Crippen LogP contribution is 2.26. The first-order valence-electron chi connectivity index (χ1n) is 9.64. The summed E-state index contributed by atoms with van der Waals surface area (Å²) in [6.07, 6.45) is 3.03. The molecular formula is C20H22N6O2S2. The maximum absolute atomic E-state index is 12.4. The number of hydrogen-bond donors (Lipinski definition) is 0. The second-order valence-corrected chi connectivity index (χ2v) is 8.74. The zero-order chi connectivity index (χ0) is 21.1. The van der Waals surface area contributed by atoms with Crippen molar-refractivity contribution in [2.45, 2.75) is 37.1 Å². The van der Waals surface area contributed by atoms with Crippen LogP contribution in [0, 0.1) is 0 Å². The van der Waals surface area contributed by atoms with Crippen LogP contribution in [0.1, 0.15) is 30.5 Å². The van der Waals surface area contributed by atoms with Crippen LogP contribution in [0.2, 0.25) is 0 Å². The molecule has 156 valence electrons. The topological polar surface area (TPSA) is 87.2 Å². The summed E-state index contributed by atoms with van der Waals surface area (Å²) in [6.45, 7) is 2.14. The van der Waals surface area contributed by atoms with Crippen LogP contribution in [0.25, 0.3) is 16.3 Å². The van der Waals surface area contributed by atoms with Gasteiger partial charge in [-0.15, -0.1) is 10.2 Å². The summed E-state index contributed by atoms with van der Waals surface area (Å²) in [7, 11) is 3.57. The van der Waals surface area contributed by atoms with E-state index in [9.17, 15) is 4.79 Å². The van der Waals surface area contributed by atoms with E-state index in [0.29, 0.717) is 16.4 Å². The summed E-state index contributed by atoms with van der Waals surface area (Å²) in [5.74, 6) is 2.10. The van der Waals surface area contributed by atoms with Gasteiger partial charge in [-0.2, -0.15) is 9.61 Å². The molecule has 8 nitrogen and oxygen atoms in total. The zero-order valence-corrected chi connectivity index (χ0v) is 18.7. The van der Waals surface area contributed by atoms with Crippen LogP contribution in [-0.2, 0) is 19.2 Å². The maximum atomic E-state index is 12.4. The number of aromatic nitrogens is 6. The molecular weight excluding hydrogens is 420 g/mol. The first kappa shape index (κ1) is 20.5. The lowest BCUT2D eigenvalue weighted by atomic mass is 10.2. The summed E-state index contributed by atoms with van der Waals surface area (Å²) >= 11 is 2.98. The van der Waals surface area contributed by atoms with Crippen LogP contribution in [0.15, 0.2) is 40.3 Å². The smallest absolute Gasteiger partial charge is 0.275 e. The van der Waals surface area contributed by atoms with Crippen molar-refractivity contribution >= 4 is 28.1 Å². The molecule has 1 aromatic carbocycles. The summed E-state index contributed by atoms with van der Waals surface area (Å²) in [6, 6.07) is 9.24. The number of ether oxygens (including phenoxy) is 1. The minimum absolute atomic E-state index is 0.147. The Kier molecular flexibility index (Phi) is 6.14. The Morgan fingerprint density at radius 2 is 2.00 bits per heavy atom. The van der Waals surface area contributed by atoms with Crippen LogP contribution in [-0.4, -0.2) is 36.5 Å². The first-order chi connectivity index (χ1) is 14.6. The SMILES string of the molecule is CCCCc1nn2c(=O)cc(CSc3nnc(-c4ccc(OC)cc4)n3C)nc2s1.